The summed E-state index contributed by atoms with van der Waals surface area (Å²) in [6.45, 7) is 2.27. The number of allylic oxidation sites excluding steroid dienone is 4. The van der Waals surface area contributed by atoms with Crippen LogP contribution in [0.4, 0.5) is 8.78 Å². The van der Waals surface area contributed by atoms with Crippen molar-refractivity contribution < 1.29 is 8.78 Å². The zero-order valence-corrected chi connectivity index (χ0v) is 19.5. The molecule has 0 saturated carbocycles. The Bertz CT molecular complexity index is 940. The van der Waals surface area contributed by atoms with Crippen molar-refractivity contribution >= 4 is 8.80 Å². The average Bonchev–Trinajstić information content (AvgIpc) is 2.80. The van der Waals surface area contributed by atoms with Crippen LogP contribution in [0.25, 0.3) is 11.1 Å². The predicted octanol–water partition coefficient (Wildman–Crippen LogP) is 8.64. The first-order valence-electron chi connectivity index (χ1n) is 11.9. The van der Waals surface area contributed by atoms with Crippen molar-refractivity contribution in [2.45, 2.75) is 69.2 Å². The molecule has 0 nitrogen and oxygen atoms in total. The molecule has 3 heteroatoms. The molecule has 0 aromatic heterocycles. The van der Waals surface area contributed by atoms with Gasteiger partial charge in [-0.05, 0) is 53.7 Å². The van der Waals surface area contributed by atoms with Crippen LogP contribution >= 0.6 is 0 Å². The quantitative estimate of drug-likeness (QED) is 0.301. The standard InChI is InChI=1S/C28H33F2Si/c1-2-3-6-17-31-18-14-22(15-19-31)24-10-8-16-28(30,21-24)27-13-5-4-12-26(27)23-9-7-11-25(29)20-23/h4-5,7-13,20-22H,2-3,6,14-19H2,1H3. The van der Waals surface area contributed by atoms with Crippen molar-refractivity contribution in [1.82, 2.24) is 0 Å². The predicted molar refractivity (Wildman–Crippen MR) is 129 cm³/mol. The summed E-state index contributed by atoms with van der Waals surface area (Å²) in [4.78, 5) is 0. The van der Waals surface area contributed by atoms with E-state index < -0.39 is 5.67 Å². The van der Waals surface area contributed by atoms with Crippen molar-refractivity contribution in [1.29, 1.82) is 0 Å². The average molecular weight is 436 g/mol. The molecule has 1 aliphatic heterocycles. The van der Waals surface area contributed by atoms with Gasteiger partial charge in [-0.15, -0.1) is 0 Å². The van der Waals surface area contributed by atoms with E-state index in [-0.39, 0.29) is 14.6 Å². The summed E-state index contributed by atoms with van der Waals surface area (Å²) in [7, 11) is -0.198. The van der Waals surface area contributed by atoms with Gasteiger partial charge >= 0.3 is 0 Å². The molecule has 1 saturated heterocycles. The fraction of sp³-hybridized carbons (Fsp3) is 0.429. The largest absolute Gasteiger partial charge is 0.234 e. The second kappa shape index (κ2) is 10.1. The number of rotatable bonds is 7. The fourth-order valence-corrected chi connectivity index (χ4v) is 8.18. The van der Waals surface area contributed by atoms with Crippen LogP contribution in [0.2, 0.25) is 18.1 Å². The molecule has 1 aliphatic carbocycles. The number of hydrogen-bond acceptors (Lipinski definition) is 0. The smallest absolute Gasteiger partial charge is 0.158 e. The van der Waals surface area contributed by atoms with Gasteiger partial charge < -0.3 is 0 Å². The summed E-state index contributed by atoms with van der Waals surface area (Å²) in [6.07, 6.45) is 12.8. The van der Waals surface area contributed by atoms with Crippen LogP contribution in [-0.4, -0.2) is 8.80 Å². The van der Waals surface area contributed by atoms with Crippen LogP contribution in [0.5, 0.6) is 0 Å². The Labute approximate surface area is 187 Å². The molecular formula is C28H33F2Si. The normalized spacial score (nSPS) is 22.5. The molecule has 1 heterocycles. The van der Waals surface area contributed by atoms with Gasteiger partial charge in [0.1, 0.15) is 5.82 Å². The van der Waals surface area contributed by atoms with Crippen molar-refractivity contribution in [3.63, 3.8) is 0 Å². The third-order valence-corrected chi connectivity index (χ3v) is 9.98. The minimum absolute atomic E-state index is 0.198. The summed E-state index contributed by atoms with van der Waals surface area (Å²) < 4.78 is 30.3. The Morgan fingerprint density at radius 1 is 1.03 bits per heavy atom. The Morgan fingerprint density at radius 2 is 1.84 bits per heavy atom. The maximum absolute atomic E-state index is 16.4. The fourth-order valence-electron chi connectivity index (χ4n) is 5.17. The first-order chi connectivity index (χ1) is 15.1. The van der Waals surface area contributed by atoms with Gasteiger partial charge in [-0.1, -0.05) is 92.9 Å². The molecule has 0 bridgehead atoms. The third kappa shape index (κ3) is 5.26. The molecule has 1 radical (unpaired) electrons. The van der Waals surface area contributed by atoms with Gasteiger partial charge in [0.2, 0.25) is 0 Å². The first-order valence-corrected chi connectivity index (χ1v) is 14.0. The molecule has 2 aromatic carbocycles. The number of alkyl halides is 1. The third-order valence-electron chi connectivity index (χ3n) is 6.93. The zero-order valence-electron chi connectivity index (χ0n) is 18.5. The van der Waals surface area contributed by atoms with Crippen molar-refractivity contribution in [2.75, 3.05) is 0 Å². The number of hydrogen-bond donors (Lipinski definition) is 0. The van der Waals surface area contributed by atoms with Gasteiger partial charge in [-0.2, -0.15) is 0 Å². The minimum atomic E-state index is -1.54. The Hall–Kier alpha value is -2.00. The maximum Gasteiger partial charge on any atom is 0.158 e. The van der Waals surface area contributed by atoms with Gasteiger partial charge in [0.25, 0.3) is 0 Å². The Morgan fingerprint density at radius 3 is 2.61 bits per heavy atom. The van der Waals surface area contributed by atoms with Crippen LogP contribution in [0.3, 0.4) is 0 Å². The highest BCUT2D eigenvalue weighted by molar-refractivity contribution is 6.59. The van der Waals surface area contributed by atoms with Crippen LogP contribution in [-0.2, 0) is 5.67 Å². The lowest BCUT2D eigenvalue weighted by atomic mass is 9.79. The second-order valence-corrected chi connectivity index (χ2v) is 12.2. The molecule has 1 unspecified atom stereocenters. The van der Waals surface area contributed by atoms with E-state index in [0.29, 0.717) is 17.9 Å². The number of halogens is 2. The highest BCUT2D eigenvalue weighted by Crippen LogP contribution is 2.44. The molecule has 2 aromatic rings. The summed E-state index contributed by atoms with van der Waals surface area (Å²) in [6, 6.07) is 18.2. The molecular weight excluding hydrogens is 402 g/mol. The molecule has 2 aliphatic rings. The maximum atomic E-state index is 16.4. The van der Waals surface area contributed by atoms with E-state index in [9.17, 15) is 4.39 Å². The van der Waals surface area contributed by atoms with Crippen LogP contribution < -0.4 is 0 Å². The minimum Gasteiger partial charge on any atom is -0.234 e. The van der Waals surface area contributed by atoms with Gasteiger partial charge in [0.05, 0.1) is 0 Å². The summed E-state index contributed by atoms with van der Waals surface area (Å²) >= 11 is 0. The molecule has 1 atom stereocenters. The van der Waals surface area contributed by atoms with Gasteiger partial charge in [0, 0.05) is 20.8 Å². The van der Waals surface area contributed by atoms with E-state index in [1.54, 1.807) is 6.07 Å². The lowest BCUT2D eigenvalue weighted by Crippen LogP contribution is -2.25. The van der Waals surface area contributed by atoms with E-state index in [0.717, 1.165) is 16.7 Å². The van der Waals surface area contributed by atoms with E-state index in [1.807, 2.05) is 42.5 Å². The van der Waals surface area contributed by atoms with E-state index in [4.69, 9.17) is 0 Å². The van der Waals surface area contributed by atoms with Crippen LogP contribution in [0.1, 0.15) is 51.0 Å². The van der Waals surface area contributed by atoms with E-state index >= 15 is 4.39 Å². The molecule has 1 fully saturated rings. The number of benzene rings is 2. The first kappa shape index (κ1) is 22.2. The van der Waals surface area contributed by atoms with Gasteiger partial charge in [-0.3, -0.25) is 0 Å². The molecule has 0 N–H and O–H groups in total. The van der Waals surface area contributed by atoms with E-state index in [2.05, 4.69) is 13.0 Å². The highest BCUT2D eigenvalue weighted by Gasteiger charge is 2.35. The van der Waals surface area contributed by atoms with Crippen LogP contribution in [0, 0.1) is 11.7 Å². The lowest BCUT2D eigenvalue weighted by molar-refractivity contribution is 0.233. The molecule has 4 rings (SSSR count). The summed E-state index contributed by atoms with van der Waals surface area (Å²) in [5.74, 6) is 0.187. The van der Waals surface area contributed by atoms with Crippen molar-refractivity contribution in [3.05, 3.63) is 83.7 Å². The van der Waals surface area contributed by atoms with E-state index in [1.165, 1.54) is 62.4 Å². The topological polar surface area (TPSA) is 0 Å². The van der Waals surface area contributed by atoms with Crippen molar-refractivity contribution in [3.8, 4) is 11.1 Å². The molecule has 31 heavy (non-hydrogen) atoms. The molecule has 163 valence electrons. The summed E-state index contributed by atoms with van der Waals surface area (Å²) in [5, 5.41) is 0. The highest BCUT2D eigenvalue weighted by atomic mass is 28.3. The number of unbranched alkanes of at least 4 members (excludes halogenated alkanes) is 2. The van der Waals surface area contributed by atoms with Crippen LogP contribution in [0.15, 0.2) is 72.3 Å². The lowest BCUT2D eigenvalue weighted by Gasteiger charge is -2.33. The molecule has 0 spiro atoms. The molecule has 0 amide bonds. The van der Waals surface area contributed by atoms with Gasteiger partial charge in [-0.25, -0.2) is 8.78 Å². The Balaban J connectivity index is 1.54. The van der Waals surface area contributed by atoms with Gasteiger partial charge in [0.15, 0.2) is 5.67 Å². The SMILES string of the molecule is CCCCC[Si]1CCC(C2=CC(F)(c3ccccc3-c3cccc(F)c3)CC=C2)CC1. The van der Waals surface area contributed by atoms with Crippen molar-refractivity contribution in [2.24, 2.45) is 5.92 Å². The Kier molecular flexibility index (Phi) is 7.22. The second-order valence-electron chi connectivity index (χ2n) is 9.15. The zero-order chi connectivity index (χ0) is 21.7. The monoisotopic (exact) mass is 435 g/mol. The summed E-state index contributed by atoms with van der Waals surface area (Å²) in [5.41, 5.74) is 1.77.